The Hall–Kier alpha value is -1.34. The molecule has 1 aromatic heterocycles. The molecule has 0 aliphatic rings. The predicted molar refractivity (Wildman–Crippen MR) is 86.5 cm³/mol. The van der Waals surface area contributed by atoms with E-state index in [-0.39, 0.29) is 0 Å². The van der Waals surface area contributed by atoms with Gasteiger partial charge in [-0.15, -0.1) is 10.2 Å². The fourth-order valence-corrected chi connectivity index (χ4v) is 2.20. The van der Waals surface area contributed by atoms with Gasteiger partial charge in [0.05, 0.1) is 6.54 Å². The van der Waals surface area contributed by atoms with E-state index in [1.54, 1.807) is 11.8 Å². The van der Waals surface area contributed by atoms with E-state index in [4.69, 9.17) is 9.90 Å². The molecule has 0 spiro atoms. The lowest BCUT2D eigenvalue weighted by molar-refractivity contribution is -0.134. The number of thioether (sulfide) groups is 1. The highest BCUT2D eigenvalue weighted by atomic mass is 32.2. The molecule has 0 atom stereocenters. The summed E-state index contributed by atoms with van der Waals surface area (Å²) in [4.78, 5) is 9.00. The number of hydrogen-bond donors (Lipinski definition) is 2. The van der Waals surface area contributed by atoms with Gasteiger partial charge in [0.15, 0.2) is 5.16 Å². The minimum absolute atomic E-state index is 0.763. The third-order valence-electron chi connectivity index (χ3n) is 2.66. The molecule has 1 aromatic rings. The van der Waals surface area contributed by atoms with Crippen LogP contribution in [0.3, 0.4) is 0 Å². The number of rotatable bonds is 7. The molecule has 1 heterocycles. The standard InChI is InChI=1S/C12H22N4S.C2H4O2/c1-5-10(2)7-6-8-17-12-15-14-11(9-13-3)16(12)4;1-2(3)4/h7,13H,5-6,8-9H2,1-4H3;1H3,(H,3,4). The van der Waals surface area contributed by atoms with Crippen LogP contribution in [0.1, 0.15) is 39.4 Å². The van der Waals surface area contributed by atoms with Gasteiger partial charge in [0.2, 0.25) is 0 Å². The van der Waals surface area contributed by atoms with Gasteiger partial charge in [0.1, 0.15) is 5.82 Å². The molecule has 0 saturated carbocycles. The van der Waals surface area contributed by atoms with E-state index in [0.717, 1.165) is 43.0 Å². The van der Waals surface area contributed by atoms with Crippen LogP contribution in [0, 0.1) is 0 Å². The number of carboxylic acid groups (broad SMARTS) is 1. The molecule has 7 heteroatoms. The van der Waals surface area contributed by atoms with Crippen LogP contribution in [-0.4, -0.2) is 38.6 Å². The average Bonchev–Trinajstić information content (AvgIpc) is 2.76. The van der Waals surface area contributed by atoms with Crippen molar-refractivity contribution in [3.63, 3.8) is 0 Å². The topological polar surface area (TPSA) is 80.0 Å². The Morgan fingerprint density at radius 2 is 2.05 bits per heavy atom. The maximum atomic E-state index is 9.00. The van der Waals surface area contributed by atoms with Crippen LogP contribution < -0.4 is 5.32 Å². The molecule has 0 unspecified atom stereocenters. The third kappa shape index (κ3) is 9.25. The second-order valence-electron chi connectivity index (χ2n) is 4.55. The van der Waals surface area contributed by atoms with Crippen molar-refractivity contribution in [2.24, 2.45) is 7.05 Å². The lowest BCUT2D eigenvalue weighted by atomic mass is 10.2. The zero-order valence-electron chi connectivity index (χ0n) is 13.5. The normalized spacial score (nSPS) is 11.0. The van der Waals surface area contributed by atoms with Crippen molar-refractivity contribution in [1.82, 2.24) is 20.1 Å². The summed E-state index contributed by atoms with van der Waals surface area (Å²) in [7, 11) is 3.93. The fourth-order valence-electron chi connectivity index (χ4n) is 1.38. The molecular weight excluding hydrogens is 288 g/mol. The summed E-state index contributed by atoms with van der Waals surface area (Å²) in [5, 5.41) is 19.8. The van der Waals surface area contributed by atoms with Crippen molar-refractivity contribution in [3.05, 3.63) is 17.5 Å². The molecule has 2 N–H and O–H groups in total. The Labute approximate surface area is 131 Å². The van der Waals surface area contributed by atoms with Crippen LogP contribution >= 0.6 is 11.8 Å². The Morgan fingerprint density at radius 1 is 1.43 bits per heavy atom. The molecule has 0 radical (unpaired) electrons. The Balaban J connectivity index is 0.000000885. The predicted octanol–water partition coefficient (Wildman–Crippen LogP) is 2.46. The molecular formula is C14H26N4O2S. The first-order chi connectivity index (χ1) is 9.92. The van der Waals surface area contributed by atoms with E-state index in [0.29, 0.717) is 0 Å². The zero-order valence-corrected chi connectivity index (χ0v) is 14.3. The fraction of sp³-hybridized carbons (Fsp3) is 0.643. The van der Waals surface area contributed by atoms with Crippen LogP contribution in [0.2, 0.25) is 0 Å². The van der Waals surface area contributed by atoms with E-state index in [1.807, 2.05) is 14.1 Å². The molecule has 0 bridgehead atoms. The average molecular weight is 314 g/mol. The van der Waals surface area contributed by atoms with E-state index < -0.39 is 5.97 Å². The second kappa shape index (κ2) is 11.3. The highest BCUT2D eigenvalue weighted by molar-refractivity contribution is 7.99. The third-order valence-corrected chi connectivity index (χ3v) is 3.71. The van der Waals surface area contributed by atoms with Crippen molar-refractivity contribution in [2.75, 3.05) is 12.8 Å². The summed E-state index contributed by atoms with van der Waals surface area (Å²) >= 11 is 1.76. The van der Waals surface area contributed by atoms with Crippen molar-refractivity contribution in [3.8, 4) is 0 Å². The van der Waals surface area contributed by atoms with Crippen molar-refractivity contribution < 1.29 is 9.90 Å². The van der Waals surface area contributed by atoms with Gasteiger partial charge in [-0.3, -0.25) is 4.79 Å². The molecule has 6 nitrogen and oxygen atoms in total. The zero-order chi connectivity index (χ0) is 16.3. The first-order valence-corrected chi connectivity index (χ1v) is 7.91. The maximum Gasteiger partial charge on any atom is 0.300 e. The molecule has 0 aliphatic carbocycles. The van der Waals surface area contributed by atoms with Gasteiger partial charge in [-0.25, -0.2) is 0 Å². The van der Waals surface area contributed by atoms with Gasteiger partial charge in [0, 0.05) is 19.7 Å². The molecule has 0 aromatic carbocycles. The van der Waals surface area contributed by atoms with Gasteiger partial charge in [-0.05, 0) is 26.8 Å². The summed E-state index contributed by atoms with van der Waals surface area (Å²) in [6.07, 6.45) is 4.54. The number of aromatic nitrogens is 3. The minimum Gasteiger partial charge on any atom is -0.481 e. The molecule has 0 fully saturated rings. The van der Waals surface area contributed by atoms with Crippen LogP contribution in [0.25, 0.3) is 0 Å². The van der Waals surface area contributed by atoms with Gasteiger partial charge < -0.3 is 15.0 Å². The highest BCUT2D eigenvalue weighted by Gasteiger charge is 2.07. The van der Waals surface area contributed by atoms with Crippen molar-refractivity contribution in [2.45, 2.75) is 45.3 Å². The smallest absolute Gasteiger partial charge is 0.300 e. The van der Waals surface area contributed by atoms with Gasteiger partial charge in [0.25, 0.3) is 5.97 Å². The Morgan fingerprint density at radius 3 is 2.57 bits per heavy atom. The monoisotopic (exact) mass is 314 g/mol. The van der Waals surface area contributed by atoms with Crippen LogP contribution in [0.5, 0.6) is 0 Å². The van der Waals surface area contributed by atoms with Crippen LogP contribution in [0.15, 0.2) is 16.8 Å². The first-order valence-electron chi connectivity index (χ1n) is 6.93. The molecule has 0 aliphatic heterocycles. The largest absolute Gasteiger partial charge is 0.481 e. The summed E-state index contributed by atoms with van der Waals surface area (Å²) in [6.45, 7) is 6.21. The van der Waals surface area contributed by atoms with Crippen molar-refractivity contribution >= 4 is 17.7 Å². The number of allylic oxidation sites excluding steroid dienone is 2. The maximum absolute atomic E-state index is 9.00. The van der Waals surface area contributed by atoms with E-state index in [9.17, 15) is 0 Å². The molecule has 0 saturated heterocycles. The van der Waals surface area contributed by atoms with Gasteiger partial charge >= 0.3 is 0 Å². The molecule has 21 heavy (non-hydrogen) atoms. The van der Waals surface area contributed by atoms with E-state index in [1.165, 1.54) is 5.57 Å². The number of nitrogens with one attached hydrogen (secondary N) is 1. The minimum atomic E-state index is -0.833. The number of nitrogens with zero attached hydrogens (tertiary/aromatic N) is 3. The Bertz CT molecular complexity index is 454. The SMILES string of the molecule is CC(=O)O.CCC(C)=CCCSc1nnc(CNC)n1C. The van der Waals surface area contributed by atoms with Crippen molar-refractivity contribution in [1.29, 1.82) is 0 Å². The molecule has 120 valence electrons. The van der Waals surface area contributed by atoms with Gasteiger partial charge in [-0.2, -0.15) is 0 Å². The lowest BCUT2D eigenvalue weighted by Gasteiger charge is -2.02. The lowest BCUT2D eigenvalue weighted by Crippen LogP contribution is -2.10. The summed E-state index contributed by atoms with van der Waals surface area (Å²) in [5.41, 5.74) is 1.46. The summed E-state index contributed by atoms with van der Waals surface area (Å²) < 4.78 is 2.05. The van der Waals surface area contributed by atoms with Gasteiger partial charge in [-0.1, -0.05) is 30.3 Å². The second-order valence-corrected chi connectivity index (χ2v) is 5.61. The van der Waals surface area contributed by atoms with Crippen LogP contribution in [0.4, 0.5) is 0 Å². The number of carbonyl (C=O) groups is 1. The molecule has 0 amide bonds. The number of carboxylic acids is 1. The number of hydrogen-bond acceptors (Lipinski definition) is 5. The summed E-state index contributed by atoms with van der Waals surface area (Å²) in [5.74, 6) is 1.21. The Kier molecular flexibility index (Phi) is 10.6. The van der Waals surface area contributed by atoms with E-state index in [2.05, 4.69) is 40.0 Å². The van der Waals surface area contributed by atoms with E-state index >= 15 is 0 Å². The highest BCUT2D eigenvalue weighted by Crippen LogP contribution is 2.17. The quantitative estimate of drug-likeness (QED) is 0.457. The molecule has 1 rings (SSSR count). The van der Waals surface area contributed by atoms with Crippen LogP contribution in [-0.2, 0) is 18.4 Å². The summed E-state index contributed by atoms with van der Waals surface area (Å²) in [6, 6.07) is 0. The number of aliphatic carboxylic acids is 1. The first kappa shape index (κ1) is 19.7.